The molecule has 2 rings (SSSR count). The highest BCUT2D eigenvalue weighted by Gasteiger charge is 2.15. The first kappa shape index (κ1) is 12.9. The van der Waals surface area contributed by atoms with Gasteiger partial charge < -0.3 is 10.0 Å². The molecule has 1 aromatic carbocycles. The zero-order valence-electron chi connectivity index (χ0n) is 10.1. The van der Waals surface area contributed by atoms with Crippen LogP contribution >= 0.6 is 11.6 Å². The third kappa shape index (κ3) is 3.98. The molecule has 1 aromatic rings. The molecule has 1 unspecified atom stereocenters. The number of halogens is 1. The number of likely N-dealkylation sites (tertiary alicyclic amines) is 1. The fraction of sp³-hybridized carbons (Fsp3) is 0.571. The number of hydrogen-bond acceptors (Lipinski definition) is 2. The Hall–Kier alpha value is -0.570. The van der Waals surface area contributed by atoms with Gasteiger partial charge in [0.05, 0.1) is 6.10 Å². The maximum Gasteiger partial charge on any atom is 0.0917 e. The molecule has 0 aromatic heterocycles. The Bertz CT molecular complexity index is 348. The zero-order valence-corrected chi connectivity index (χ0v) is 10.9. The lowest BCUT2D eigenvalue weighted by Crippen LogP contribution is -2.29. The van der Waals surface area contributed by atoms with Crippen molar-refractivity contribution in [2.45, 2.75) is 31.8 Å². The van der Waals surface area contributed by atoms with Crippen molar-refractivity contribution in [3.63, 3.8) is 0 Å². The second kappa shape index (κ2) is 6.39. The van der Waals surface area contributed by atoms with Crippen LogP contribution in [0.4, 0.5) is 0 Å². The number of β-amino-alcohol motifs (C(OH)–C–C–N with tert-alkyl or cyclic N) is 1. The maximum atomic E-state index is 10.2. The molecule has 1 saturated heterocycles. The predicted octanol–water partition coefficient (Wildman–Crippen LogP) is 3.25. The molecule has 1 aliphatic rings. The number of rotatable bonds is 3. The summed E-state index contributed by atoms with van der Waals surface area (Å²) in [5.74, 6) is 0. The summed E-state index contributed by atoms with van der Waals surface area (Å²) in [7, 11) is 0. The highest BCUT2D eigenvalue weighted by Crippen LogP contribution is 2.20. The van der Waals surface area contributed by atoms with Crippen LogP contribution in [0.15, 0.2) is 24.3 Å². The second-order valence-corrected chi connectivity index (χ2v) is 5.22. The molecule has 0 amide bonds. The molecular formula is C14H20ClNO. The minimum atomic E-state index is -0.424. The zero-order chi connectivity index (χ0) is 12.1. The van der Waals surface area contributed by atoms with E-state index in [1.807, 2.05) is 24.3 Å². The highest BCUT2D eigenvalue weighted by atomic mass is 35.5. The average molecular weight is 254 g/mol. The number of aliphatic hydroxyl groups is 1. The third-order valence-electron chi connectivity index (χ3n) is 3.36. The van der Waals surface area contributed by atoms with Crippen LogP contribution in [0.2, 0.25) is 5.02 Å². The van der Waals surface area contributed by atoms with Gasteiger partial charge in [0, 0.05) is 11.6 Å². The van der Waals surface area contributed by atoms with E-state index in [4.69, 9.17) is 11.6 Å². The van der Waals surface area contributed by atoms with Gasteiger partial charge in [-0.15, -0.1) is 0 Å². The van der Waals surface area contributed by atoms with Gasteiger partial charge in [0.25, 0.3) is 0 Å². The van der Waals surface area contributed by atoms with Crippen LogP contribution in [-0.2, 0) is 0 Å². The molecule has 1 aliphatic heterocycles. The van der Waals surface area contributed by atoms with E-state index in [1.165, 1.54) is 25.7 Å². The number of nitrogens with zero attached hydrogens (tertiary/aromatic N) is 1. The van der Waals surface area contributed by atoms with Crippen molar-refractivity contribution in [3.05, 3.63) is 34.9 Å². The van der Waals surface area contributed by atoms with Crippen LogP contribution in [0, 0.1) is 0 Å². The van der Waals surface area contributed by atoms with E-state index in [0.717, 1.165) is 25.2 Å². The quantitative estimate of drug-likeness (QED) is 0.894. The van der Waals surface area contributed by atoms with Gasteiger partial charge in [0.2, 0.25) is 0 Å². The predicted molar refractivity (Wildman–Crippen MR) is 71.3 cm³/mol. The Morgan fingerprint density at radius 3 is 2.53 bits per heavy atom. The van der Waals surface area contributed by atoms with Crippen molar-refractivity contribution in [2.75, 3.05) is 19.6 Å². The van der Waals surface area contributed by atoms with Crippen molar-refractivity contribution in [1.82, 2.24) is 4.90 Å². The summed E-state index contributed by atoms with van der Waals surface area (Å²) in [6.07, 6.45) is 4.73. The molecule has 1 fully saturated rings. The maximum absolute atomic E-state index is 10.2. The Balaban J connectivity index is 1.93. The standard InChI is InChI=1S/C14H20ClNO/c15-13-7-5-6-12(10-13)14(17)11-16-8-3-1-2-4-9-16/h5-7,10,14,17H,1-4,8-9,11H2. The lowest BCUT2D eigenvalue weighted by molar-refractivity contribution is 0.115. The van der Waals surface area contributed by atoms with Gasteiger partial charge in [-0.05, 0) is 43.6 Å². The molecule has 1 N–H and O–H groups in total. The van der Waals surface area contributed by atoms with Crippen LogP contribution in [0.5, 0.6) is 0 Å². The first-order valence-electron chi connectivity index (χ1n) is 6.41. The monoisotopic (exact) mass is 253 g/mol. The van der Waals surface area contributed by atoms with Crippen LogP contribution in [0.3, 0.4) is 0 Å². The largest absolute Gasteiger partial charge is 0.387 e. The molecule has 0 spiro atoms. The molecule has 2 nitrogen and oxygen atoms in total. The minimum Gasteiger partial charge on any atom is -0.387 e. The SMILES string of the molecule is OC(CN1CCCCCC1)c1cccc(Cl)c1. The molecule has 0 aliphatic carbocycles. The minimum absolute atomic E-state index is 0.424. The van der Waals surface area contributed by atoms with Crippen molar-refractivity contribution >= 4 is 11.6 Å². The van der Waals surface area contributed by atoms with E-state index in [2.05, 4.69) is 4.90 Å². The molecular weight excluding hydrogens is 234 g/mol. The Morgan fingerprint density at radius 2 is 1.88 bits per heavy atom. The fourth-order valence-electron chi connectivity index (χ4n) is 2.38. The molecule has 0 bridgehead atoms. The van der Waals surface area contributed by atoms with Crippen molar-refractivity contribution in [2.24, 2.45) is 0 Å². The van der Waals surface area contributed by atoms with Gasteiger partial charge >= 0.3 is 0 Å². The van der Waals surface area contributed by atoms with E-state index in [1.54, 1.807) is 0 Å². The average Bonchev–Trinajstić information content (AvgIpc) is 2.57. The summed E-state index contributed by atoms with van der Waals surface area (Å²) in [6.45, 7) is 2.94. The van der Waals surface area contributed by atoms with E-state index in [9.17, 15) is 5.11 Å². The fourth-order valence-corrected chi connectivity index (χ4v) is 2.58. The molecule has 0 radical (unpaired) electrons. The normalized spacial score (nSPS) is 19.9. The summed E-state index contributed by atoms with van der Waals surface area (Å²) in [5.41, 5.74) is 0.918. The van der Waals surface area contributed by atoms with Crippen LogP contribution < -0.4 is 0 Å². The summed E-state index contributed by atoms with van der Waals surface area (Å²) in [6, 6.07) is 7.52. The first-order valence-corrected chi connectivity index (χ1v) is 6.79. The second-order valence-electron chi connectivity index (χ2n) is 4.79. The van der Waals surface area contributed by atoms with Gasteiger partial charge in [-0.1, -0.05) is 36.6 Å². The molecule has 3 heteroatoms. The number of hydrogen-bond donors (Lipinski definition) is 1. The third-order valence-corrected chi connectivity index (χ3v) is 3.60. The Morgan fingerprint density at radius 1 is 1.18 bits per heavy atom. The smallest absolute Gasteiger partial charge is 0.0917 e. The van der Waals surface area contributed by atoms with E-state index >= 15 is 0 Å². The Kier molecular flexibility index (Phi) is 4.84. The molecule has 0 saturated carbocycles. The van der Waals surface area contributed by atoms with Crippen LogP contribution in [0.1, 0.15) is 37.4 Å². The van der Waals surface area contributed by atoms with Gasteiger partial charge in [0.15, 0.2) is 0 Å². The highest BCUT2D eigenvalue weighted by molar-refractivity contribution is 6.30. The number of aliphatic hydroxyl groups excluding tert-OH is 1. The molecule has 94 valence electrons. The van der Waals surface area contributed by atoms with Gasteiger partial charge in [-0.25, -0.2) is 0 Å². The topological polar surface area (TPSA) is 23.5 Å². The van der Waals surface area contributed by atoms with Crippen LogP contribution in [-0.4, -0.2) is 29.6 Å². The lowest BCUT2D eigenvalue weighted by Gasteiger charge is -2.23. The summed E-state index contributed by atoms with van der Waals surface area (Å²) in [5, 5.41) is 10.9. The summed E-state index contributed by atoms with van der Waals surface area (Å²) in [4.78, 5) is 2.36. The molecule has 17 heavy (non-hydrogen) atoms. The van der Waals surface area contributed by atoms with Gasteiger partial charge in [-0.2, -0.15) is 0 Å². The lowest BCUT2D eigenvalue weighted by atomic mass is 10.1. The van der Waals surface area contributed by atoms with E-state index < -0.39 is 6.10 Å². The number of benzene rings is 1. The Labute approximate surface area is 108 Å². The summed E-state index contributed by atoms with van der Waals surface area (Å²) < 4.78 is 0. The summed E-state index contributed by atoms with van der Waals surface area (Å²) >= 11 is 5.93. The van der Waals surface area contributed by atoms with Crippen LogP contribution in [0.25, 0.3) is 0 Å². The first-order chi connectivity index (χ1) is 8.25. The van der Waals surface area contributed by atoms with Gasteiger partial charge in [0.1, 0.15) is 0 Å². The van der Waals surface area contributed by atoms with Gasteiger partial charge in [-0.3, -0.25) is 0 Å². The molecule has 1 heterocycles. The molecule has 1 atom stereocenters. The van der Waals surface area contributed by atoms with Crippen molar-refractivity contribution in [3.8, 4) is 0 Å². The van der Waals surface area contributed by atoms with Crippen molar-refractivity contribution < 1.29 is 5.11 Å². The van der Waals surface area contributed by atoms with Crippen molar-refractivity contribution in [1.29, 1.82) is 0 Å². The van der Waals surface area contributed by atoms with E-state index in [0.29, 0.717) is 5.02 Å². The van der Waals surface area contributed by atoms with E-state index in [-0.39, 0.29) is 0 Å².